The van der Waals surface area contributed by atoms with Crippen molar-refractivity contribution in [3.05, 3.63) is 81.8 Å². The molecule has 4 aromatic rings. The molecule has 1 N–H and O–H groups in total. The molecule has 6 nitrogen and oxygen atoms in total. The number of esters is 1. The predicted octanol–water partition coefficient (Wildman–Crippen LogP) is 5.90. The van der Waals surface area contributed by atoms with E-state index < -0.39 is 11.9 Å². The van der Waals surface area contributed by atoms with Crippen LogP contribution in [-0.4, -0.2) is 19.0 Å². The van der Waals surface area contributed by atoms with Gasteiger partial charge in [-0.1, -0.05) is 11.6 Å². The van der Waals surface area contributed by atoms with E-state index in [9.17, 15) is 14.0 Å². The number of fused-ring (bicyclic) bond motifs is 1. The van der Waals surface area contributed by atoms with E-state index in [1.165, 1.54) is 48.8 Å². The Morgan fingerprint density at radius 2 is 1.90 bits per heavy atom. The molecule has 2 aromatic carbocycles. The van der Waals surface area contributed by atoms with Gasteiger partial charge in [0.05, 0.1) is 12.1 Å². The van der Waals surface area contributed by atoms with Crippen LogP contribution in [0.4, 0.5) is 10.1 Å². The van der Waals surface area contributed by atoms with Gasteiger partial charge in [0.2, 0.25) is 0 Å². The van der Waals surface area contributed by atoms with Gasteiger partial charge in [-0.3, -0.25) is 4.79 Å². The number of nitrogens with one attached hydrogen (secondary N) is 1. The van der Waals surface area contributed by atoms with Crippen molar-refractivity contribution >= 4 is 50.6 Å². The molecule has 1 amide bonds. The number of carbonyl (C=O) groups excluding carboxylic acids is 2. The van der Waals surface area contributed by atoms with E-state index in [1.54, 1.807) is 24.3 Å². The lowest BCUT2D eigenvalue weighted by Crippen LogP contribution is -2.10. The number of anilines is 1. The minimum Gasteiger partial charge on any atom is -0.486 e. The number of carbonyl (C=O) groups is 2. The summed E-state index contributed by atoms with van der Waals surface area (Å²) in [7, 11) is 1.29. The predicted molar refractivity (Wildman–Crippen MR) is 116 cm³/mol. The number of furan rings is 1. The average Bonchev–Trinajstić information content (AvgIpc) is 3.37. The van der Waals surface area contributed by atoms with Crippen molar-refractivity contribution in [2.45, 2.75) is 6.61 Å². The van der Waals surface area contributed by atoms with Gasteiger partial charge in [0.15, 0.2) is 5.76 Å². The second-order valence-corrected chi connectivity index (χ2v) is 7.84. The SMILES string of the molecule is COC(=O)c1sc2cc(NC(=O)c3ccc(COc4ccc(F)cc4)o3)ccc2c1Cl. The first-order valence-electron chi connectivity index (χ1n) is 9.03. The fraction of sp³-hybridized carbons (Fsp3) is 0.0909. The van der Waals surface area contributed by atoms with Gasteiger partial charge in [0.1, 0.15) is 28.8 Å². The fourth-order valence-electron chi connectivity index (χ4n) is 2.82. The van der Waals surface area contributed by atoms with Crippen LogP contribution in [0, 0.1) is 5.82 Å². The van der Waals surface area contributed by atoms with Crippen LogP contribution < -0.4 is 10.1 Å². The third kappa shape index (κ3) is 4.55. The van der Waals surface area contributed by atoms with Crippen LogP contribution in [0.5, 0.6) is 5.75 Å². The number of amides is 1. The molecule has 0 aliphatic heterocycles. The van der Waals surface area contributed by atoms with Crippen molar-refractivity contribution in [1.29, 1.82) is 0 Å². The van der Waals surface area contributed by atoms with Gasteiger partial charge in [0, 0.05) is 15.8 Å². The van der Waals surface area contributed by atoms with E-state index in [-0.39, 0.29) is 18.2 Å². The summed E-state index contributed by atoms with van der Waals surface area (Å²) in [6.45, 7) is 0.0921. The van der Waals surface area contributed by atoms with Gasteiger partial charge < -0.3 is 19.2 Å². The lowest BCUT2D eigenvalue weighted by Gasteiger charge is -2.05. The minimum absolute atomic E-state index is 0.0921. The van der Waals surface area contributed by atoms with Crippen LogP contribution >= 0.6 is 22.9 Å². The molecule has 0 radical (unpaired) electrons. The van der Waals surface area contributed by atoms with Crippen LogP contribution in [0.1, 0.15) is 26.0 Å². The summed E-state index contributed by atoms with van der Waals surface area (Å²) in [5.74, 6) is -0.271. The molecule has 0 saturated heterocycles. The van der Waals surface area contributed by atoms with Gasteiger partial charge in [-0.2, -0.15) is 0 Å². The topological polar surface area (TPSA) is 77.8 Å². The van der Waals surface area contributed by atoms with Gasteiger partial charge in [0.25, 0.3) is 5.91 Å². The zero-order chi connectivity index (χ0) is 22.0. The maximum absolute atomic E-state index is 12.9. The molecule has 31 heavy (non-hydrogen) atoms. The summed E-state index contributed by atoms with van der Waals surface area (Å²) in [5, 5.41) is 3.77. The number of halogens is 2. The molecule has 0 aliphatic rings. The molecule has 4 rings (SSSR count). The first-order chi connectivity index (χ1) is 14.9. The van der Waals surface area contributed by atoms with Crippen molar-refractivity contribution in [2.24, 2.45) is 0 Å². The van der Waals surface area contributed by atoms with E-state index in [0.717, 1.165) is 4.70 Å². The summed E-state index contributed by atoms with van der Waals surface area (Å²) < 4.78 is 29.4. The highest BCUT2D eigenvalue weighted by molar-refractivity contribution is 7.21. The number of methoxy groups -OCH3 is 1. The lowest BCUT2D eigenvalue weighted by atomic mass is 10.2. The van der Waals surface area contributed by atoms with Crippen molar-refractivity contribution in [2.75, 3.05) is 12.4 Å². The smallest absolute Gasteiger partial charge is 0.349 e. The molecule has 0 aliphatic carbocycles. The molecular weight excluding hydrogens is 445 g/mol. The zero-order valence-electron chi connectivity index (χ0n) is 16.1. The first kappa shape index (κ1) is 20.9. The molecule has 0 unspecified atom stereocenters. The van der Waals surface area contributed by atoms with E-state index in [1.807, 2.05) is 0 Å². The lowest BCUT2D eigenvalue weighted by molar-refractivity contribution is 0.0606. The molecule has 9 heteroatoms. The van der Waals surface area contributed by atoms with Crippen LogP contribution in [0.2, 0.25) is 5.02 Å². The van der Waals surface area contributed by atoms with Gasteiger partial charge >= 0.3 is 5.97 Å². The highest BCUT2D eigenvalue weighted by Gasteiger charge is 2.18. The number of rotatable bonds is 6. The number of ether oxygens (including phenoxy) is 2. The van der Waals surface area contributed by atoms with Crippen LogP contribution in [0.3, 0.4) is 0 Å². The molecule has 158 valence electrons. The molecule has 2 aromatic heterocycles. The molecule has 2 heterocycles. The third-order valence-electron chi connectivity index (χ3n) is 4.34. The summed E-state index contributed by atoms with van der Waals surface area (Å²) >= 11 is 7.43. The Bertz CT molecular complexity index is 1260. The van der Waals surface area contributed by atoms with Gasteiger partial charge in [-0.25, -0.2) is 9.18 Å². The minimum atomic E-state index is -0.511. The second-order valence-electron chi connectivity index (χ2n) is 6.41. The quantitative estimate of drug-likeness (QED) is 0.363. The highest BCUT2D eigenvalue weighted by Crippen LogP contribution is 2.37. The van der Waals surface area contributed by atoms with E-state index >= 15 is 0 Å². The Hall–Kier alpha value is -3.36. The number of thiophene rings is 1. The monoisotopic (exact) mass is 459 g/mol. The highest BCUT2D eigenvalue weighted by atomic mass is 35.5. The average molecular weight is 460 g/mol. The summed E-state index contributed by atoms with van der Waals surface area (Å²) in [6.07, 6.45) is 0. The number of benzene rings is 2. The van der Waals surface area contributed by atoms with E-state index in [2.05, 4.69) is 5.32 Å². The normalized spacial score (nSPS) is 10.8. The Morgan fingerprint density at radius 1 is 1.13 bits per heavy atom. The van der Waals surface area contributed by atoms with Gasteiger partial charge in [-0.15, -0.1) is 11.3 Å². The molecular formula is C22H15ClFNO5S. The largest absolute Gasteiger partial charge is 0.486 e. The van der Waals surface area contributed by atoms with Crippen LogP contribution in [-0.2, 0) is 11.3 Å². The van der Waals surface area contributed by atoms with Crippen molar-refractivity contribution < 1.29 is 27.9 Å². The standard InChI is InChI=1S/C22H15ClFNO5S/c1-28-22(27)20-19(23)16-8-4-13(10-18(16)31-20)25-21(26)17-9-7-15(30-17)11-29-14-5-2-12(24)3-6-14/h2-10H,11H2,1H3,(H,25,26). The summed E-state index contributed by atoms with van der Waals surface area (Å²) in [5.41, 5.74) is 0.521. The molecule has 0 spiro atoms. The van der Waals surface area contributed by atoms with E-state index in [0.29, 0.717) is 32.5 Å². The Balaban J connectivity index is 1.44. The van der Waals surface area contributed by atoms with Gasteiger partial charge in [-0.05, 0) is 54.6 Å². The van der Waals surface area contributed by atoms with Crippen LogP contribution in [0.15, 0.2) is 59.0 Å². The zero-order valence-corrected chi connectivity index (χ0v) is 17.7. The van der Waals surface area contributed by atoms with Crippen molar-refractivity contribution in [3.8, 4) is 5.75 Å². The van der Waals surface area contributed by atoms with Crippen molar-refractivity contribution in [3.63, 3.8) is 0 Å². The Kier molecular flexibility index (Phi) is 5.92. The number of hydrogen-bond acceptors (Lipinski definition) is 6. The Morgan fingerprint density at radius 3 is 2.65 bits per heavy atom. The molecule has 0 saturated carbocycles. The maximum Gasteiger partial charge on any atom is 0.349 e. The summed E-state index contributed by atoms with van der Waals surface area (Å²) in [4.78, 5) is 24.6. The number of hydrogen-bond donors (Lipinski definition) is 1. The Labute approximate surface area is 185 Å². The molecule has 0 bridgehead atoms. The van der Waals surface area contributed by atoms with Crippen LogP contribution in [0.25, 0.3) is 10.1 Å². The van der Waals surface area contributed by atoms with E-state index in [4.69, 9.17) is 25.5 Å². The third-order valence-corrected chi connectivity index (χ3v) is 5.98. The summed E-state index contributed by atoms with van der Waals surface area (Å²) in [6, 6.07) is 13.9. The molecule has 0 fully saturated rings. The second kappa shape index (κ2) is 8.79. The maximum atomic E-state index is 12.9. The molecule has 0 atom stereocenters. The fourth-order valence-corrected chi connectivity index (χ4v) is 4.29. The first-order valence-corrected chi connectivity index (χ1v) is 10.2. The van der Waals surface area contributed by atoms with Crippen molar-refractivity contribution in [1.82, 2.24) is 0 Å².